The average Bonchev–Trinajstić information content (AvgIpc) is 3.88. The lowest BCUT2D eigenvalue weighted by Gasteiger charge is -2.11. The number of hydrogen-bond acceptors (Lipinski definition) is 0. The number of nitrogens with zero attached hydrogens (tertiary/aromatic N) is 2. The lowest BCUT2D eigenvalue weighted by atomic mass is 9.97. The highest BCUT2D eigenvalue weighted by Gasteiger charge is 2.20. The van der Waals surface area contributed by atoms with Gasteiger partial charge in [0.2, 0.25) is 0 Å². The minimum Gasteiger partial charge on any atom is -0.309 e. The molecule has 0 radical (unpaired) electrons. The van der Waals surface area contributed by atoms with Gasteiger partial charge in [0.1, 0.15) is 0 Å². The van der Waals surface area contributed by atoms with E-state index in [-0.39, 0.29) is 0 Å². The smallest absolute Gasteiger partial charge is 0.0548 e. The molecule has 64 heavy (non-hydrogen) atoms. The molecular weight excluding hydrogens is 773 g/mol. The third-order valence-electron chi connectivity index (χ3n) is 13.3. The average molecular weight is 825 g/mol. The highest BCUT2D eigenvalue weighted by atomic mass is 15.0. The first-order valence-corrected chi connectivity index (χ1v) is 23.2. The van der Waals surface area contributed by atoms with Crippen molar-refractivity contribution in [1.82, 2.24) is 9.13 Å². The number of unbranched alkanes of at least 4 members (excludes halogenated alkanes) is 2. The van der Waals surface area contributed by atoms with Gasteiger partial charge in [-0.2, -0.15) is 0 Å². The highest BCUT2D eigenvalue weighted by molar-refractivity contribution is 6.28. The quantitative estimate of drug-likeness (QED) is 0.116. The molecule has 0 aliphatic carbocycles. The Balaban J connectivity index is 0.940. The van der Waals surface area contributed by atoms with E-state index in [4.69, 9.17) is 0 Å². The molecule has 0 atom stereocenters. The van der Waals surface area contributed by atoms with Crippen molar-refractivity contribution in [1.29, 1.82) is 0 Å². The van der Waals surface area contributed by atoms with E-state index in [0.29, 0.717) is 0 Å². The summed E-state index contributed by atoms with van der Waals surface area (Å²) in [5, 5.41) is 5.09. The molecule has 2 heterocycles. The zero-order chi connectivity index (χ0) is 43.0. The van der Waals surface area contributed by atoms with Crippen molar-refractivity contribution in [2.75, 3.05) is 0 Å². The lowest BCUT2D eigenvalue weighted by Crippen LogP contribution is -1.95. The summed E-state index contributed by atoms with van der Waals surface area (Å²) < 4.78 is 4.89. The van der Waals surface area contributed by atoms with Gasteiger partial charge in [0.05, 0.1) is 22.1 Å². The molecule has 2 aromatic heterocycles. The van der Waals surface area contributed by atoms with Crippen molar-refractivity contribution in [2.24, 2.45) is 0 Å². The van der Waals surface area contributed by atoms with E-state index in [9.17, 15) is 0 Å². The molecule has 0 unspecified atom stereocenters. The molecule has 2 heteroatoms. The second kappa shape index (κ2) is 17.0. The standard InChI is InChI=1S/C62H52N2/c1-3-5-13-43-23-25-47(26-24-43)51-17-12-18-52(42-51)49-33-37-54(38-34-49)64-58-22-10-8-20-56(58)62-60(64)40-39-59-61(62)55-19-7-9-21-57(55)63(59)53-35-31-46(32-36-53)45-27-29-48(30-28-45)50-16-11-15-44(41-50)14-6-4-2/h7-12,15-42H,3-6,13-14H2,1-2H3. The fraction of sp³-hybridized carbons (Fsp3) is 0.129. The lowest BCUT2D eigenvalue weighted by molar-refractivity contribution is 0.795. The summed E-state index contributed by atoms with van der Waals surface area (Å²) in [6.07, 6.45) is 7.17. The number of fused-ring (bicyclic) bond motifs is 7. The van der Waals surface area contributed by atoms with E-state index in [0.717, 1.165) is 24.2 Å². The second-order valence-corrected chi connectivity index (χ2v) is 17.4. The van der Waals surface area contributed by atoms with Crippen molar-refractivity contribution in [3.8, 4) is 55.9 Å². The summed E-state index contributed by atoms with van der Waals surface area (Å²) in [6.45, 7) is 4.51. The van der Waals surface area contributed by atoms with Crippen molar-refractivity contribution in [2.45, 2.75) is 52.4 Å². The summed E-state index contributed by atoms with van der Waals surface area (Å²) >= 11 is 0. The molecule has 0 fully saturated rings. The van der Waals surface area contributed by atoms with Crippen molar-refractivity contribution < 1.29 is 0 Å². The zero-order valence-electron chi connectivity index (χ0n) is 36.8. The monoisotopic (exact) mass is 824 g/mol. The number of aryl methyl sites for hydroxylation is 2. The van der Waals surface area contributed by atoms with Crippen LogP contribution >= 0.6 is 0 Å². The first-order chi connectivity index (χ1) is 31.6. The van der Waals surface area contributed by atoms with Gasteiger partial charge in [-0.15, -0.1) is 0 Å². The predicted octanol–water partition coefficient (Wildman–Crippen LogP) is 17.2. The molecule has 0 N–H and O–H groups in total. The molecule has 0 amide bonds. The van der Waals surface area contributed by atoms with E-state index >= 15 is 0 Å². The fourth-order valence-electron chi connectivity index (χ4n) is 9.95. The van der Waals surface area contributed by atoms with Gasteiger partial charge in [0.15, 0.2) is 0 Å². The molecule has 0 aliphatic heterocycles. The third-order valence-corrected chi connectivity index (χ3v) is 13.3. The van der Waals surface area contributed by atoms with Gasteiger partial charge in [-0.1, -0.05) is 178 Å². The number of rotatable bonds is 12. The largest absolute Gasteiger partial charge is 0.309 e. The number of hydrogen-bond donors (Lipinski definition) is 0. The van der Waals surface area contributed by atoms with Crippen LogP contribution in [0.5, 0.6) is 0 Å². The summed E-state index contributed by atoms with van der Waals surface area (Å²) in [5.41, 5.74) is 19.9. The number of benzene rings is 9. The second-order valence-electron chi connectivity index (χ2n) is 17.4. The SMILES string of the molecule is CCCCc1ccc(-c2cccc(-c3ccc(-n4c5ccccc5c5c6c7ccccc7n(-c7ccc(-c8ccc(-c9cccc(CCCC)c9)cc8)cc7)c6ccc54)cc3)c2)cc1. The Bertz CT molecular complexity index is 3420. The molecule has 0 bridgehead atoms. The maximum atomic E-state index is 2.44. The van der Waals surface area contributed by atoms with Crippen LogP contribution in [0.4, 0.5) is 0 Å². The predicted molar refractivity (Wildman–Crippen MR) is 274 cm³/mol. The fourth-order valence-corrected chi connectivity index (χ4v) is 9.95. The van der Waals surface area contributed by atoms with Crippen molar-refractivity contribution in [3.63, 3.8) is 0 Å². The Morgan fingerprint density at radius 1 is 0.297 bits per heavy atom. The molecule has 310 valence electrons. The van der Waals surface area contributed by atoms with Crippen LogP contribution in [0.2, 0.25) is 0 Å². The Labute approximate surface area is 376 Å². The molecule has 11 rings (SSSR count). The minimum atomic E-state index is 1.13. The maximum Gasteiger partial charge on any atom is 0.0548 e. The van der Waals surface area contributed by atoms with Crippen LogP contribution in [0.1, 0.15) is 50.7 Å². The van der Waals surface area contributed by atoms with Crippen molar-refractivity contribution >= 4 is 43.6 Å². The van der Waals surface area contributed by atoms with Gasteiger partial charge in [-0.3, -0.25) is 0 Å². The van der Waals surface area contributed by atoms with E-state index in [2.05, 4.69) is 229 Å². The first kappa shape index (κ1) is 39.4. The molecule has 0 saturated heterocycles. The van der Waals surface area contributed by atoms with Crippen LogP contribution in [0.25, 0.3) is 99.5 Å². The van der Waals surface area contributed by atoms with Crippen LogP contribution in [-0.4, -0.2) is 9.13 Å². The minimum absolute atomic E-state index is 1.13. The Hall–Kier alpha value is -7.42. The summed E-state index contributed by atoms with van der Waals surface area (Å²) in [5.74, 6) is 0. The Morgan fingerprint density at radius 2 is 0.688 bits per heavy atom. The van der Waals surface area contributed by atoms with Crippen LogP contribution < -0.4 is 0 Å². The van der Waals surface area contributed by atoms with Crippen LogP contribution in [0, 0.1) is 0 Å². The molecular formula is C62H52N2. The first-order valence-electron chi connectivity index (χ1n) is 23.2. The molecule has 9 aromatic carbocycles. The highest BCUT2D eigenvalue weighted by Crippen LogP contribution is 2.43. The van der Waals surface area contributed by atoms with E-state index < -0.39 is 0 Å². The Morgan fingerprint density at radius 3 is 1.17 bits per heavy atom. The number of para-hydroxylation sites is 2. The summed E-state index contributed by atoms with van der Waals surface area (Å²) in [6, 6.07) is 76.8. The molecule has 0 spiro atoms. The van der Waals surface area contributed by atoms with Crippen LogP contribution in [-0.2, 0) is 12.8 Å². The maximum absolute atomic E-state index is 2.44. The zero-order valence-corrected chi connectivity index (χ0v) is 36.8. The molecule has 0 saturated carbocycles. The van der Waals surface area contributed by atoms with Gasteiger partial charge in [-0.25, -0.2) is 0 Å². The Kier molecular flexibility index (Phi) is 10.5. The number of aromatic nitrogens is 2. The summed E-state index contributed by atoms with van der Waals surface area (Å²) in [7, 11) is 0. The van der Waals surface area contributed by atoms with Gasteiger partial charge >= 0.3 is 0 Å². The molecule has 11 aromatic rings. The topological polar surface area (TPSA) is 9.86 Å². The van der Waals surface area contributed by atoms with Crippen molar-refractivity contribution in [3.05, 3.63) is 217 Å². The molecule has 0 aliphatic rings. The van der Waals surface area contributed by atoms with Crippen LogP contribution in [0.15, 0.2) is 206 Å². The van der Waals surface area contributed by atoms with Gasteiger partial charge in [-0.05, 0) is 136 Å². The van der Waals surface area contributed by atoms with Gasteiger partial charge in [0.25, 0.3) is 0 Å². The third kappa shape index (κ3) is 7.19. The van der Waals surface area contributed by atoms with E-state index in [1.54, 1.807) is 0 Å². The molecule has 2 nitrogen and oxygen atoms in total. The van der Waals surface area contributed by atoms with Crippen LogP contribution in [0.3, 0.4) is 0 Å². The van der Waals surface area contributed by atoms with E-state index in [1.165, 1.54) is 125 Å². The summed E-state index contributed by atoms with van der Waals surface area (Å²) in [4.78, 5) is 0. The normalized spacial score (nSPS) is 11.7. The van der Waals surface area contributed by atoms with E-state index in [1.807, 2.05) is 0 Å². The van der Waals surface area contributed by atoms with Gasteiger partial charge in [0, 0.05) is 32.9 Å². The van der Waals surface area contributed by atoms with Gasteiger partial charge < -0.3 is 9.13 Å².